The number of nitrogens with zero attached hydrogens (tertiary/aromatic N) is 3. The number of furan rings is 1. The first-order valence-electron chi connectivity index (χ1n) is 25.0. The van der Waals surface area contributed by atoms with Crippen LogP contribution >= 0.6 is 0 Å². The lowest BCUT2D eigenvalue weighted by Gasteiger charge is -2.41. The monoisotopic (exact) mass is 913 g/mol. The summed E-state index contributed by atoms with van der Waals surface area (Å²) in [5, 5.41) is 7.23. The molecule has 0 radical (unpaired) electrons. The first-order valence-corrected chi connectivity index (χ1v) is 25.0. The van der Waals surface area contributed by atoms with Gasteiger partial charge in [-0.15, -0.1) is 0 Å². The molecule has 4 nitrogen and oxygen atoms in total. The first kappa shape index (κ1) is 41.7. The minimum absolute atomic E-state index is 0.00980. The molecule has 340 valence electrons. The van der Waals surface area contributed by atoms with E-state index in [2.05, 4.69) is 262 Å². The summed E-state index contributed by atoms with van der Waals surface area (Å²) in [5.74, 6) is 0. The zero-order valence-electron chi connectivity index (χ0n) is 41.0. The van der Waals surface area contributed by atoms with E-state index in [-0.39, 0.29) is 17.7 Å². The lowest BCUT2D eigenvalue weighted by atomic mass is 9.45. The second-order valence-corrected chi connectivity index (χ2v) is 21.8. The van der Waals surface area contributed by atoms with E-state index < -0.39 is 0 Å². The van der Waals surface area contributed by atoms with Crippen molar-refractivity contribution in [3.63, 3.8) is 0 Å². The van der Waals surface area contributed by atoms with Crippen LogP contribution in [0.25, 0.3) is 76.8 Å². The second-order valence-electron chi connectivity index (χ2n) is 21.8. The van der Waals surface area contributed by atoms with Crippen molar-refractivity contribution in [2.75, 3.05) is 9.80 Å². The maximum atomic E-state index is 7.00. The highest BCUT2D eigenvalue weighted by Crippen LogP contribution is 2.51. The Labute approximate surface area is 415 Å². The van der Waals surface area contributed by atoms with E-state index in [1.807, 2.05) is 0 Å². The van der Waals surface area contributed by atoms with Crippen molar-refractivity contribution in [1.82, 2.24) is 4.48 Å². The van der Waals surface area contributed by atoms with Crippen molar-refractivity contribution < 1.29 is 4.42 Å². The summed E-state index contributed by atoms with van der Waals surface area (Å²) in [4.78, 5) is 5.00. The summed E-state index contributed by atoms with van der Waals surface area (Å²) in [6.45, 7) is 13.6. The van der Waals surface area contributed by atoms with E-state index in [1.54, 1.807) is 0 Å². The lowest BCUT2D eigenvalue weighted by Crippen LogP contribution is -2.56. The molecule has 0 aliphatic carbocycles. The molecule has 0 spiro atoms. The Hall–Kier alpha value is -8.28. The molecule has 0 bridgehead atoms. The van der Waals surface area contributed by atoms with Gasteiger partial charge < -0.3 is 18.7 Å². The fourth-order valence-electron chi connectivity index (χ4n) is 11.9. The van der Waals surface area contributed by atoms with Crippen molar-refractivity contribution in [2.24, 2.45) is 0 Å². The van der Waals surface area contributed by atoms with Crippen LogP contribution in [0.2, 0.25) is 0 Å². The van der Waals surface area contributed by atoms with Crippen LogP contribution in [-0.2, 0) is 10.8 Å². The minimum Gasteiger partial charge on any atom is -0.454 e. The molecule has 0 saturated heterocycles. The van der Waals surface area contributed by atoms with Gasteiger partial charge in [-0.05, 0) is 127 Å². The topological polar surface area (TPSA) is 24.6 Å². The number of fused-ring (bicyclic) bond motifs is 11. The third-order valence-corrected chi connectivity index (χ3v) is 15.4. The smallest absolute Gasteiger partial charge is 0.333 e. The van der Waals surface area contributed by atoms with Gasteiger partial charge in [0.25, 0.3) is 0 Å². The predicted molar refractivity (Wildman–Crippen MR) is 302 cm³/mol. The Morgan fingerprint density at radius 3 is 1.79 bits per heavy atom. The van der Waals surface area contributed by atoms with E-state index in [9.17, 15) is 0 Å². The highest BCUT2D eigenvalue weighted by Gasteiger charge is 2.44. The van der Waals surface area contributed by atoms with Crippen LogP contribution in [0.5, 0.6) is 0 Å². The SMILES string of the molecule is CC(C)(C)c1ccc(N(c2ccc(C(C)(C)C)cc2)c2cc3c4c(c2)N(c2cccc5c2oc2ccccc25)c2cc(-c5ccccc5)ccc2B4n2c4cc5ccccc5cc4c4cccc-3c42)cc1. The van der Waals surface area contributed by atoms with E-state index in [0.29, 0.717) is 0 Å². The summed E-state index contributed by atoms with van der Waals surface area (Å²) in [6.07, 6.45) is 0. The molecule has 0 unspecified atom stereocenters. The van der Waals surface area contributed by atoms with Gasteiger partial charge >= 0.3 is 6.85 Å². The summed E-state index contributed by atoms with van der Waals surface area (Å²) in [5.41, 5.74) is 20.7. The van der Waals surface area contributed by atoms with Gasteiger partial charge in [-0.2, -0.15) is 0 Å². The molecular weight excluding hydrogens is 862 g/mol. The van der Waals surface area contributed by atoms with Crippen molar-refractivity contribution in [3.05, 3.63) is 217 Å². The molecule has 0 amide bonds. The molecular formula is C66H52BN3O. The zero-order chi connectivity index (χ0) is 47.9. The highest BCUT2D eigenvalue weighted by atomic mass is 16.3. The average Bonchev–Trinajstić information content (AvgIpc) is 3.93. The predicted octanol–water partition coefficient (Wildman–Crippen LogP) is 17.0. The van der Waals surface area contributed by atoms with Crippen LogP contribution in [0, 0.1) is 0 Å². The largest absolute Gasteiger partial charge is 0.454 e. The Bertz CT molecular complexity index is 4070. The van der Waals surface area contributed by atoms with Gasteiger partial charge in [0.2, 0.25) is 0 Å². The lowest BCUT2D eigenvalue weighted by molar-refractivity contribution is 0.590. The summed E-state index contributed by atoms with van der Waals surface area (Å²) >= 11 is 0. The summed E-state index contributed by atoms with van der Waals surface area (Å²) in [7, 11) is 0. The molecule has 71 heavy (non-hydrogen) atoms. The number of anilines is 6. The summed E-state index contributed by atoms with van der Waals surface area (Å²) in [6, 6.07) is 77.1. The maximum absolute atomic E-state index is 7.00. The van der Waals surface area contributed by atoms with Crippen LogP contribution in [-0.4, -0.2) is 11.3 Å². The van der Waals surface area contributed by atoms with Gasteiger partial charge in [0, 0.05) is 66.6 Å². The molecule has 0 atom stereocenters. The van der Waals surface area contributed by atoms with Gasteiger partial charge in [-0.25, -0.2) is 0 Å². The fourth-order valence-corrected chi connectivity index (χ4v) is 11.9. The van der Waals surface area contributed by atoms with Gasteiger partial charge in [0.15, 0.2) is 5.58 Å². The second kappa shape index (κ2) is 15.1. The molecule has 5 heteroatoms. The molecule has 2 aromatic heterocycles. The van der Waals surface area contributed by atoms with Crippen LogP contribution in [0.1, 0.15) is 52.7 Å². The standard InChI is InChI=1S/C66H52BN3O/c1-65(2,3)45-27-31-47(32-28-45)68(48-33-29-46(30-34-48)66(4,5)6)49-39-55-52-22-14-21-51-54-36-42-18-10-11-19-43(42)37-58(54)70(63(51)52)67-56-35-26-44(41-16-8-7-9-17-41)38-59(56)69(60(40-49)62(55)67)57-24-15-23-53-50-20-12-13-25-61(50)71-64(53)57/h7-40H,1-6H3. The van der Waals surface area contributed by atoms with Crippen LogP contribution in [0.15, 0.2) is 211 Å². The summed E-state index contributed by atoms with van der Waals surface area (Å²) < 4.78 is 9.68. The zero-order valence-corrected chi connectivity index (χ0v) is 41.0. The number of hydrogen-bond donors (Lipinski definition) is 0. The van der Waals surface area contributed by atoms with Gasteiger partial charge in [-0.3, -0.25) is 0 Å². The van der Waals surface area contributed by atoms with Crippen LogP contribution in [0.4, 0.5) is 34.1 Å². The Balaban J connectivity index is 1.13. The van der Waals surface area contributed by atoms with Gasteiger partial charge in [0.1, 0.15) is 5.58 Å². The molecule has 2 aliphatic rings. The third-order valence-electron chi connectivity index (χ3n) is 15.4. The number of benzene rings is 10. The van der Waals surface area contributed by atoms with Crippen molar-refractivity contribution in [3.8, 4) is 22.3 Å². The number of hydrogen-bond acceptors (Lipinski definition) is 3. The van der Waals surface area contributed by atoms with Crippen molar-refractivity contribution >= 4 is 106 Å². The van der Waals surface area contributed by atoms with Crippen LogP contribution in [0.3, 0.4) is 0 Å². The molecule has 2 aliphatic heterocycles. The minimum atomic E-state index is -0.137. The Morgan fingerprint density at radius 2 is 1.07 bits per heavy atom. The van der Waals surface area contributed by atoms with Gasteiger partial charge in [-0.1, -0.05) is 181 Å². The van der Waals surface area contributed by atoms with E-state index >= 15 is 0 Å². The maximum Gasteiger partial charge on any atom is 0.333 e. The molecule has 0 N–H and O–H groups in total. The molecule has 14 rings (SSSR count). The quantitative estimate of drug-likeness (QED) is 0.161. The number of rotatable bonds is 5. The van der Waals surface area contributed by atoms with E-state index in [1.165, 1.54) is 71.3 Å². The third kappa shape index (κ3) is 6.31. The van der Waals surface area contributed by atoms with Crippen molar-refractivity contribution in [2.45, 2.75) is 52.4 Å². The number of para-hydroxylation sites is 3. The molecule has 0 saturated carbocycles. The average molecular weight is 914 g/mol. The van der Waals surface area contributed by atoms with E-state index in [0.717, 1.165) is 61.6 Å². The molecule has 10 aromatic carbocycles. The molecule has 12 aromatic rings. The van der Waals surface area contributed by atoms with Crippen molar-refractivity contribution in [1.29, 1.82) is 0 Å². The Kier molecular flexibility index (Phi) is 8.87. The highest BCUT2D eigenvalue weighted by molar-refractivity contribution is 6.90. The first-order chi connectivity index (χ1) is 34.5. The molecule has 0 fully saturated rings. The Morgan fingerprint density at radius 1 is 0.437 bits per heavy atom. The molecule has 4 heterocycles. The van der Waals surface area contributed by atoms with E-state index in [4.69, 9.17) is 4.42 Å². The van der Waals surface area contributed by atoms with Crippen LogP contribution < -0.4 is 20.7 Å². The fraction of sp³-hybridized carbons (Fsp3) is 0.121. The van der Waals surface area contributed by atoms with Gasteiger partial charge in [0.05, 0.1) is 5.69 Å². The normalized spacial score (nSPS) is 13.2. The number of aromatic nitrogens is 1.